The molecule has 0 bridgehead atoms. The predicted octanol–water partition coefficient (Wildman–Crippen LogP) is 6.47. The summed E-state index contributed by atoms with van der Waals surface area (Å²) in [6.45, 7) is 1.89. The zero-order chi connectivity index (χ0) is 27.3. The highest BCUT2D eigenvalue weighted by Gasteiger charge is 2.36. The lowest BCUT2D eigenvalue weighted by Crippen LogP contribution is -2.42. The number of thioether (sulfide) groups is 1. The van der Waals surface area contributed by atoms with E-state index >= 15 is 0 Å². The van der Waals surface area contributed by atoms with Gasteiger partial charge in [-0.25, -0.2) is 17.6 Å². The molecule has 1 aliphatic heterocycles. The summed E-state index contributed by atoms with van der Waals surface area (Å²) in [4.78, 5) is 17.8. The first kappa shape index (κ1) is 28.2. The summed E-state index contributed by atoms with van der Waals surface area (Å²) in [6, 6.07) is 6.68. The van der Waals surface area contributed by atoms with E-state index in [-0.39, 0.29) is 17.1 Å². The van der Waals surface area contributed by atoms with Crippen LogP contribution in [0.3, 0.4) is 0 Å². The van der Waals surface area contributed by atoms with Gasteiger partial charge in [0.2, 0.25) is 0 Å². The summed E-state index contributed by atoms with van der Waals surface area (Å²) in [5.41, 5.74) is 0.824. The number of hydrogen-bond donors (Lipinski definition) is 1. The van der Waals surface area contributed by atoms with Gasteiger partial charge in [0.15, 0.2) is 0 Å². The smallest absolute Gasteiger partial charge is 0.303 e. The maximum Gasteiger partial charge on any atom is 0.303 e. The molecule has 0 saturated carbocycles. The molecule has 0 atom stereocenters. The molecule has 1 N–H and O–H groups in total. The van der Waals surface area contributed by atoms with Gasteiger partial charge in [0.25, 0.3) is 0 Å². The van der Waals surface area contributed by atoms with Crippen LogP contribution in [0.25, 0.3) is 10.9 Å². The summed E-state index contributed by atoms with van der Waals surface area (Å²) in [6.07, 6.45) is 4.30. The van der Waals surface area contributed by atoms with Crippen molar-refractivity contribution >= 4 is 28.6 Å². The zero-order valence-corrected chi connectivity index (χ0v) is 21.9. The second-order valence-corrected chi connectivity index (χ2v) is 10.9. The highest BCUT2D eigenvalue weighted by molar-refractivity contribution is 7.99. The number of methoxy groups -OCH3 is 1. The molecular formula is C28H30F4N2O3S. The Bertz CT molecular complexity index is 1280. The molecule has 1 fully saturated rings. The molecule has 0 spiro atoms. The van der Waals surface area contributed by atoms with E-state index in [1.54, 1.807) is 25.3 Å². The molecule has 2 aromatic carbocycles. The minimum absolute atomic E-state index is 0.0367. The predicted molar refractivity (Wildman–Crippen MR) is 139 cm³/mol. The molecule has 1 aromatic heterocycles. The van der Waals surface area contributed by atoms with Crippen molar-refractivity contribution in [1.82, 2.24) is 9.88 Å². The van der Waals surface area contributed by atoms with E-state index in [9.17, 15) is 27.5 Å². The third kappa shape index (κ3) is 6.77. The van der Waals surface area contributed by atoms with E-state index in [1.165, 1.54) is 6.20 Å². The molecule has 204 valence electrons. The third-order valence-electron chi connectivity index (χ3n) is 7.33. The molecule has 0 radical (unpaired) electrons. The van der Waals surface area contributed by atoms with Gasteiger partial charge in [-0.1, -0.05) is 0 Å². The zero-order valence-electron chi connectivity index (χ0n) is 21.1. The summed E-state index contributed by atoms with van der Waals surface area (Å²) >= 11 is 1.00. The molecule has 5 nitrogen and oxygen atoms in total. The Morgan fingerprint density at radius 1 is 1.11 bits per heavy atom. The number of carboxylic acid groups (broad SMARTS) is 1. The molecule has 38 heavy (non-hydrogen) atoms. The minimum atomic E-state index is -0.949. The van der Waals surface area contributed by atoms with Crippen LogP contribution in [0.1, 0.15) is 37.7 Å². The normalized spacial score (nSPS) is 15.6. The van der Waals surface area contributed by atoms with Crippen LogP contribution < -0.4 is 4.74 Å². The Morgan fingerprint density at radius 2 is 1.82 bits per heavy atom. The van der Waals surface area contributed by atoms with Crippen molar-refractivity contribution in [3.8, 4) is 5.75 Å². The molecule has 2 heterocycles. The summed E-state index contributed by atoms with van der Waals surface area (Å²) < 4.78 is 60.9. The van der Waals surface area contributed by atoms with Crippen molar-refractivity contribution in [3.63, 3.8) is 0 Å². The van der Waals surface area contributed by atoms with Crippen LogP contribution in [0.5, 0.6) is 5.75 Å². The molecular weight excluding hydrogens is 520 g/mol. The van der Waals surface area contributed by atoms with Crippen molar-refractivity contribution < 1.29 is 32.2 Å². The third-order valence-corrected chi connectivity index (χ3v) is 8.39. The van der Waals surface area contributed by atoms with E-state index in [2.05, 4.69) is 9.88 Å². The number of halogens is 4. The number of piperidine rings is 1. The lowest BCUT2D eigenvalue weighted by Gasteiger charge is -2.41. The first-order valence-electron chi connectivity index (χ1n) is 12.5. The van der Waals surface area contributed by atoms with Gasteiger partial charge in [-0.05, 0) is 74.4 Å². The van der Waals surface area contributed by atoms with Gasteiger partial charge >= 0.3 is 5.97 Å². The van der Waals surface area contributed by atoms with Crippen molar-refractivity contribution in [2.75, 3.05) is 32.5 Å². The van der Waals surface area contributed by atoms with Crippen LogP contribution in [-0.4, -0.2) is 53.5 Å². The number of aryl methyl sites for hydroxylation is 1. The number of nitrogens with zero attached hydrogens (tertiary/aromatic N) is 2. The van der Waals surface area contributed by atoms with Crippen LogP contribution in [0.4, 0.5) is 17.6 Å². The second kappa shape index (κ2) is 12.3. The van der Waals surface area contributed by atoms with Crippen LogP contribution in [-0.2, 0) is 11.2 Å². The Kier molecular flexibility index (Phi) is 9.15. The first-order chi connectivity index (χ1) is 18.2. The number of carboxylic acids is 1. The average Bonchev–Trinajstić information content (AvgIpc) is 2.87. The number of pyridine rings is 1. The highest BCUT2D eigenvalue weighted by atomic mass is 32.2. The molecule has 0 aliphatic carbocycles. The highest BCUT2D eigenvalue weighted by Crippen LogP contribution is 2.40. The van der Waals surface area contributed by atoms with E-state index in [4.69, 9.17) is 4.74 Å². The van der Waals surface area contributed by atoms with Crippen LogP contribution >= 0.6 is 11.8 Å². The number of aromatic nitrogens is 1. The van der Waals surface area contributed by atoms with Gasteiger partial charge in [-0.3, -0.25) is 9.78 Å². The second-order valence-electron chi connectivity index (χ2n) is 9.78. The summed E-state index contributed by atoms with van der Waals surface area (Å²) in [5, 5.41) is 10.3. The SMILES string of the molecule is COc1ccc2ncc(F)c(CCCC3(CC(=O)O)CCN(CCSc4c(F)cc(F)cc4F)CC3)c2c1. The Morgan fingerprint density at radius 3 is 2.47 bits per heavy atom. The summed E-state index contributed by atoms with van der Waals surface area (Å²) in [5.74, 6) is -2.99. The molecule has 1 aliphatic rings. The quantitative estimate of drug-likeness (QED) is 0.218. The number of fused-ring (bicyclic) bond motifs is 1. The van der Waals surface area contributed by atoms with Crippen LogP contribution in [0.2, 0.25) is 0 Å². The largest absolute Gasteiger partial charge is 0.497 e. The van der Waals surface area contributed by atoms with Crippen LogP contribution in [0, 0.1) is 28.7 Å². The maximum absolute atomic E-state index is 14.7. The molecule has 1 saturated heterocycles. The van der Waals surface area contributed by atoms with Crippen molar-refractivity contribution in [2.24, 2.45) is 5.41 Å². The number of benzene rings is 2. The maximum atomic E-state index is 14.7. The lowest BCUT2D eigenvalue weighted by molar-refractivity contribution is -0.140. The van der Waals surface area contributed by atoms with Crippen molar-refractivity contribution in [3.05, 3.63) is 65.4 Å². The topological polar surface area (TPSA) is 62.7 Å². The fraction of sp³-hybridized carbons (Fsp3) is 0.429. The number of ether oxygens (including phenoxy) is 1. The monoisotopic (exact) mass is 550 g/mol. The first-order valence-corrected chi connectivity index (χ1v) is 13.5. The van der Waals surface area contributed by atoms with Gasteiger partial charge in [-0.15, -0.1) is 11.8 Å². The van der Waals surface area contributed by atoms with E-state index < -0.39 is 28.8 Å². The Balaban J connectivity index is 1.35. The van der Waals surface area contributed by atoms with E-state index in [0.29, 0.717) is 91.8 Å². The molecule has 3 aromatic rings. The van der Waals surface area contributed by atoms with Crippen molar-refractivity contribution in [1.29, 1.82) is 0 Å². The molecule has 0 amide bonds. The van der Waals surface area contributed by atoms with E-state index in [1.807, 2.05) is 0 Å². The van der Waals surface area contributed by atoms with Gasteiger partial charge in [-0.2, -0.15) is 0 Å². The van der Waals surface area contributed by atoms with Crippen LogP contribution in [0.15, 0.2) is 41.4 Å². The average molecular weight is 551 g/mol. The number of likely N-dealkylation sites (tertiary alicyclic amines) is 1. The van der Waals surface area contributed by atoms with Crippen molar-refractivity contribution in [2.45, 2.75) is 43.4 Å². The molecule has 10 heteroatoms. The van der Waals surface area contributed by atoms with Gasteiger partial charge < -0.3 is 14.7 Å². The number of carbonyl (C=O) groups is 1. The fourth-order valence-corrected chi connectivity index (χ4v) is 6.20. The number of aliphatic carboxylic acids is 1. The Hall–Kier alpha value is -2.85. The number of rotatable bonds is 11. The number of hydrogen-bond acceptors (Lipinski definition) is 5. The van der Waals surface area contributed by atoms with Gasteiger partial charge in [0.1, 0.15) is 29.0 Å². The summed E-state index contributed by atoms with van der Waals surface area (Å²) in [7, 11) is 1.55. The lowest BCUT2D eigenvalue weighted by atomic mass is 9.72. The Labute approximate surface area is 223 Å². The molecule has 4 rings (SSSR count). The minimum Gasteiger partial charge on any atom is -0.497 e. The van der Waals surface area contributed by atoms with Gasteiger partial charge in [0.05, 0.1) is 30.1 Å². The van der Waals surface area contributed by atoms with E-state index in [0.717, 1.165) is 11.8 Å². The fourth-order valence-electron chi connectivity index (χ4n) is 5.25. The molecule has 0 unspecified atom stereocenters. The standard InChI is InChI=1S/C28H30F4N2O3S/c1-37-19-4-5-25-21(15-19)20(24(32)17-33-25)3-2-6-28(16-26(35)36)7-9-34(10-8-28)11-12-38-27-22(30)13-18(29)14-23(27)31/h4-5,13-15,17H,2-3,6-12,16H2,1H3,(H,35,36). The van der Waals surface area contributed by atoms with Gasteiger partial charge in [0, 0.05) is 29.8 Å².